The first-order valence-corrected chi connectivity index (χ1v) is 6.41. The van der Waals surface area contributed by atoms with Crippen LogP contribution in [0.1, 0.15) is 12.5 Å². The maximum atomic E-state index is 11.5. The molecule has 1 amide bonds. The summed E-state index contributed by atoms with van der Waals surface area (Å²) >= 11 is 0. The molecule has 7 heteroatoms. The van der Waals surface area contributed by atoms with E-state index in [0.29, 0.717) is 11.5 Å². The van der Waals surface area contributed by atoms with E-state index in [0.717, 1.165) is 5.56 Å². The molecule has 114 valence electrons. The van der Waals surface area contributed by atoms with Gasteiger partial charge in [0.25, 0.3) is 0 Å². The normalized spacial score (nSPS) is 13.6. The van der Waals surface area contributed by atoms with E-state index in [1.54, 1.807) is 6.07 Å². The summed E-state index contributed by atoms with van der Waals surface area (Å²) in [5.74, 6) is 0.500. The number of fused-ring (bicyclic) bond motifs is 1. The lowest BCUT2D eigenvalue weighted by Gasteiger charge is -2.15. The minimum absolute atomic E-state index is 0.0285. The van der Waals surface area contributed by atoms with Gasteiger partial charge in [-0.05, 0) is 17.7 Å². The monoisotopic (exact) mass is 295 g/mol. The van der Waals surface area contributed by atoms with Gasteiger partial charge >= 0.3 is 5.97 Å². The van der Waals surface area contributed by atoms with Crippen molar-refractivity contribution in [2.45, 2.75) is 19.6 Å². The SMILES string of the molecule is COC(=O)C(COCc1ccc2c(c1)OCO2)NC(C)=O. The van der Waals surface area contributed by atoms with Crippen LogP contribution in [0.3, 0.4) is 0 Å². The zero-order valence-corrected chi connectivity index (χ0v) is 11.9. The van der Waals surface area contributed by atoms with E-state index in [-0.39, 0.29) is 25.9 Å². The first-order valence-electron chi connectivity index (χ1n) is 6.41. The Morgan fingerprint density at radius 3 is 2.81 bits per heavy atom. The minimum atomic E-state index is -0.818. The molecule has 0 spiro atoms. The summed E-state index contributed by atoms with van der Waals surface area (Å²) in [7, 11) is 1.26. The van der Waals surface area contributed by atoms with Gasteiger partial charge in [0.05, 0.1) is 20.3 Å². The van der Waals surface area contributed by atoms with Crippen molar-refractivity contribution in [3.8, 4) is 11.5 Å². The molecule has 1 atom stereocenters. The summed E-state index contributed by atoms with van der Waals surface area (Å²) < 4.78 is 20.5. The molecule has 0 radical (unpaired) electrons. The molecule has 1 aromatic carbocycles. The van der Waals surface area contributed by atoms with Crippen molar-refractivity contribution >= 4 is 11.9 Å². The van der Waals surface area contributed by atoms with Gasteiger partial charge in [-0.3, -0.25) is 4.79 Å². The van der Waals surface area contributed by atoms with Gasteiger partial charge in [-0.25, -0.2) is 4.79 Å². The quantitative estimate of drug-likeness (QED) is 0.774. The van der Waals surface area contributed by atoms with E-state index in [2.05, 4.69) is 10.1 Å². The summed E-state index contributed by atoms with van der Waals surface area (Å²) in [4.78, 5) is 22.5. The van der Waals surface area contributed by atoms with E-state index in [4.69, 9.17) is 14.2 Å². The van der Waals surface area contributed by atoms with Crippen LogP contribution in [-0.4, -0.2) is 38.4 Å². The summed E-state index contributed by atoms with van der Waals surface area (Å²) in [6.07, 6.45) is 0. The lowest BCUT2D eigenvalue weighted by molar-refractivity contribution is -0.146. The van der Waals surface area contributed by atoms with Gasteiger partial charge in [-0.1, -0.05) is 6.07 Å². The molecule has 0 bridgehead atoms. The molecule has 0 saturated carbocycles. The van der Waals surface area contributed by atoms with Gasteiger partial charge in [0.1, 0.15) is 0 Å². The highest BCUT2D eigenvalue weighted by Crippen LogP contribution is 2.32. The minimum Gasteiger partial charge on any atom is -0.467 e. The number of carbonyl (C=O) groups excluding carboxylic acids is 2. The highest BCUT2D eigenvalue weighted by atomic mass is 16.7. The maximum Gasteiger partial charge on any atom is 0.330 e. The van der Waals surface area contributed by atoms with E-state index >= 15 is 0 Å². The Hall–Kier alpha value is -2.28. The summed E-state index contributed by atoms with van der Waals surface area (Å²) in [6, 6.07) is 4.64. The van der Waals surface area contributed by atoms with Crippen molar-refractivity contribution in [3.05, 3.63) is 23.8 Å². The van der Waals surface area contributed by atoms with Gasteiger partial charge in [0.2, 0.25) is 12.7 Å². The van der Waals surface area contributed by atoms with E-state index in [9.17, 15) is 9.59 Å². The third-order valence-electron chi connectivity index (χ3n) is 2.85. The zero-order chi connectivity index (χ0) is 15.2. The standard InChI is InChI=1S/C14H17NO6/c1-9(16)15-11(14(17)18-2)7-19-6-10-3-4-12-13(5-10)21-8-20-12/h3-5,11H,6-8H2,1-2H3,(H,15,16). The predicted octanol–water partition coefficient (Wildman–Crippen LogP) is 0.610. The Balaban J connectivity index is 1.86. The second-order valence-electron chi connectivity index (χ2n) is 4.48. The van der Waals surface area contributed by atoms with E-state index < -0.39 is 12.0 Å². The van der Waals surface area contributed by atoms with Gasteiger partial charge in [0, 0.05) is 6.92 Å². The Morgan fingerprint density at radius 2 is 2.10 bits per heavy atom. The van der Waals surface area contributed by atoms with Crippen molar-refractivity contribution in [1.82, 2.24) is 5.32 Å². The number of amides is 1. The van der Waals surface area contributed by atoms with Crippen molar-refractivity contribution in [2.75, 3.05) is 20.5 Å². The lowest BCUT2D eigenvalue weighted by Crippen LogP contribution is -2.43. The first-order chi connectivity index (χ1) is 10.1. The van der Waals surface area contributed by atoms with E-state index in [1.165, 1.54) is 14.0 Å². The number of carbonyl (C=O) groups is 2. The van der Waals surface area contributed by atoms with Crippen LogP contribution in [0, 0.1) is 0 Å². The molecule has 1 unspecified atom stereocenters. The molecular weight excluding hydrogens is 278 g/mol. The van der Waals surface area contributed by atoms with Gasteiger partial charge < -0.3 is 24.3 Å². The van der Waals surface area contributed by atoms with Gasteiger partial charge in [-0.2, -0.15) is 0 Å². The maximum absolute atomic E-state index is 11.5. The zero-order valence-electron chi connectivity index (χ0n) is 11.9. The fourth-order valence-corrected chi connectivity index (χ4v) is 1.88. The van der Waals surface area contributed by atoms with Crippen LogP contribution in [0.15, 0.2) is 18.2 Å². The number of hydrogen-bond donors (Lipinski definition) is 1. The second-order valence-corrected chi connectivity index (χ2v) is 4.48. The number of hydrogen-bond acceptors (Lipinski definition) is 6. The average Bonchev–Trinajstić information content (AvgIpc) is 2.92. The number of nitrogens with one attached hydrogen (secondary N) is 1. The molecule has 7 nitrogen and oxygen atoms in total. The molecule has 2 rings (SSSR count). The Labute approximate surface area is 122 Å². The molecule has 1 N–H and O–H groups in total. The fraction of sp³-hybridized carbons (Fsp3) is 0.429. The van der Waals surface area contributed by atoms with Crippen LogP contribution < -0.4 is 14.8 Å². The highest BCUT2D eigenvalue weighted by Gasteiger charge is 2.20. The van der Waals surface area contributed by atoms with Crippen LogP contribution in [0.25, 0.3) is 0 Å². The van der Waals surface area contributed by atoms with Crippen molar-refractivity contribution < 1.29 is 28.5 Å². The van der Waals surface area contributed by atoms with Crippen molar-refractivity contribution in [2.24, 2.45) is 0 Å². The number of methoxy groups -OCH3 is 1. The van der Waals surface area contributed by atoms with Crippen LogP contribution >= 0.6 is 0 Å². The summed E-state index contributed by atoms with van der Waals surface area (Å²) in [5.41, 5.74) is 0.880. The third-order valence-corrected chi connectivity index (χ3v) is 2.85. The first kappa shape index (κ1) is 15.1. The summed E-state index contributed by atoms with van der Waals surface area (Å²) in [5, 5.41) is 2.48. The van der Waals surface area contributed by atoms with Gasteiger partial charge in [0.15, 0.2) is 17.5 Å². The van der Waals surface area contributed by atoms with Crippen LogP contribution in [0.2, 0.25) is 0 Å². The van der Waals surface area contributed by atoms with Crippen LogP contribution in [-0.2, 0) is 25.7 Å². The topological polar surface area (TPSA) is 83.1 Å². The Bertz CT molecular complexity index is 530. The number of ether oxygens (including phenoxy) is 4. The van der Waals surface area contributed by atoms with Crippen molar-refractivity contribution in [1.29, 1.82) is 0 Å². The van der Waals surface area contributed by atoms with Crippen LogP contribution in [0.4, 0.5) is 0 Å². The summed E-state index contributed by atoms with van der Waals surface area (Å²) in [6.45, 7) is 1.85. The molecule has 1 aromatic rings. The number of benzene rings is 1. The average molecular weight is 295 g/mol. The van der Waals surface area contributed by atoms with E-state index in [1.807, 2.05) is 12.1 Å². The molecule has 0 fully saturated rings. The fourth-order valence-electron chi connectivity index (χ4n) is 1.88. The highest BCUT2D eigenvalue weighted by molar-refractivity contribution is 5.83. The molecule has 0 saturated heterocycles. The lowest BCUT2D eigenvalue weighted by atomic mass is 10.2. The molecule has 1 aliphatic rings. The largest absolute Gasteiger partial charge is 0.467 e. The molecule has 21 heavy (non-hydrogen) atoms. The molecule has 1 heterocycles. The molecule has 1 aliphatic heterocycles. The molecular formula is C14H17NO6. The number of rotatable bonds is 6. The predicted molar refractivity (Wildman–Crippen MR) is 71.8 cm³/mol. The van der Waals surface area contributed by atoms with Crippen molar-refractivity contribution in [3.63, 3.8) is 0 Å². The second kappa shape index (κ2) is 6.94. The van der Waals surface area contributed by atoms with Gasteiger partial charge in [-0.15, -0.1) is 0 Å². The molecule has 0 aliphatic carbocycles. The van der Waals surface area contributed by atoms with Crippen LogP contribution in [0.5, 0.6) is 11.5 Å². The Morgan fingerprint density at radius 1 is 1.33 bits per heavy atom. The molecule has 0 aromatic heterocycles. The Kier molecular flexibility index (Phi) is 4.99. The number of esters is 1. The third kappa shape index (κ3) is 4.09. The smallest absolute Gasteiger partial charge is 0.330 e.